The predicted octanol–water partition coefficient (Wildman–Crippen LogP) is 4.48. The average molecular weight is 500 g/mol. The Bertz CT molecular complexity index is 1090. The van der Waals surface area contributed by atoms with Gasteiger partial charge in [0.15, 0.2) is 5.75 Å². The Morgan fingerprint density at radius 3 is 2.34 bits per heavy atom. The van der Waals surface area contributed by atoms with Crippen LogP contribution < -0.4 is 15.2 Å². The summed E-state index contributed by atoms with van der Waals surface area (Å²) < 4.78 is 17.3. The minimum absolute atomic E-state index is 0.162. The Labute approximate surface area is 181 Å². The number of nitrogens with two attached hydrogens (primary N) is 1. The van der Waals surface area contributed by atoms with Gasteiger partial charge in [0.05, 0.1) is 23.3 Å². The summed E-state index contributed by atoms with van der Waals surface area (Å²) in [6, 6.07) is 17.2. The molecular formula is C21H17IN4O3. The van der Waals surface area contributed by atoms with E-state index in [2.05, 4.69) is 37.5 Å². The normalized spacial score (nSPS) is 10.7. The Balaban J connectivity index is 1.48. The number of aromatic nitrogens is 3. The second kappa shape index (κ2) is 8.91. The van der Waals surface area contributed by atoms with Gasteiger partial charge in [-0.2, -0.15) is 4.98 Å². The molecule has 0 saturated carbocycles. The SMILES string of the molecule is Nc1nc(OCc2cccc(COc3ccoc3)n2)c(I)c(-c2ccccc2)n1. The molecule has 4 aromatic rings. The molecule has 0 radical (unpaired) electrons. The zero-order valence-corrected chi connectivity index (χ0v) is 17.4. The molecule has 0 aliphatic rings. The van der Waals surface area contributed by atoms with Crippen molar-refractivity contribution < 1.29 is 13.9 Å². The predicted molar refractivity (Wildman–Crippen MR) is 116 cm³/mol. The second-order valence-electron chi connectivity index (χ2n) is 6.07. The molecular weight excluding hydrogens is 483 g/mol. The minimum atomic E-state index is 0.162. The first kappa shape index (κ1) is 19.2. The smallest absolute Gasteiger partial charge is 0.233 e. The average Bonchev–Trinajstić information content (AvgIpc) is 3.27. The first-order valence-electron chi connectivity index (χ1n) is 8.80. The van der Waals surface area contributed by atoms with Crippen molar-refractivity contribution in [1.29, 1.82) is 0 Å². The van der Waals surface area contributed by atoms with Crippen molar-refractivity contribution in [2.24, 2.45) is 0 Å². The van der Waals surface area contributed by atoms with Crippen LogP contribution in [0.4, 0.5) is 5.95 Å². The topological polar surface area (TPSA) is 96.3 Å². The number of benzene rings is 1. The Morgan fingerprint density at radius 1 is 0.862 bits per heavy atom. The number of rotatable bonds is 7. The third-order valence-electron chi connectivity index (χ3n) is 3.99. The molecule has 0 saturated heterocycles. The molecule has 3 heterocycles. The summed E-state index contributed by atoms with van der Waals surface area (Å²) in [6.45, 7) is 0.587. The fourth-order valence-electron chi connectivity index (χ4n) is 2.65. The maximum Gasteiger partial charge on any atom is 0.233 e. The van der Waals surface area contributed by atoms with Crippen LogP contribution in [-0.2, 0) is 13.2 Å². The highest BCUT2D eigenvalue weighted by atomic mass is 127. The number of ether oxygens (including phenoxy) is 2. The summed E-state index contributed by atoms with van der Waals surface area (Å²) in [7, 11) is 0. The van der Waals surface area contributed by atoms with Crippen LogP contribution >= 0.6 is 22.6 Å². The highest BCUT2D eigenvalue weighted by Gasteiger charge is 2.14. The Morgan fingerprint density at radius 2 is 1.62 bits per heavy atom. The van der Waals surface area contributed by atoms with Gasteiger partial charge in [0.1, 0.15) is 23.0 Å². The van der Waals surface area contributed by atoms with Crippen molar-refractivity contribution in [1.82, 2.24) is 15.0 Å². The Kier molecular flexibility index (Phi) is 5.89. The molecule has 8 heteroatoms. The number of halogens is 1. The van der Waals surface area contributed by atoms with E-state index in [1.165, 1.54) is 0 Å². The maximum absolute atomic E-state index is 5.91. The lowest BCUT2D eigenvalue weighted by atomic mass is 10.1. The molecule has 3 aromatic heterocycles. The molecule has 0 aliphatic carbocycles. The van der Waals surface area contributed by atoms with Gasteiger partial charge in [-0.25, -0.2) is 4.98 Å². The maximum atomic E-state index is 5.91. The van der Waals surface area contributed by atoms with Crippen molar-refractivity contribution in [2.75, 3.05) is 5.73 Å². The van der Waals surface area contributed by atoms with E-state index in [0.717, 1.165) is 26.2 Å². The molecule has 0 unspecified atom stereocenters. The molecule has 0 bridgehead atoms. The molecule has 0 atom stereocenters. The molecule has 4 rings (SSSR count). The lowest BCUT2D eigenvalue weighted by Gasteiger charge is -2.11. The fourth-order valence-corrected chi connectivity index (χ4v) is 3.36. The number of nitrogens with zero attached hydrogens (tertiary/aromatic N) is 3. The largest absolute Gasteiger partial charge is 0.484 e. The molecule has 1 aromatic carbocycles. The van der Waals surface area contributed by atoms with Crippen LogP contribution in [0.1, 0.15) is 11.4 Å². The van der Waals surface area contributed by atoms with Crippen LogP contribution in [-0.4, -0.2) is 15.0 Å². The zero-order valence-electron chi connectivity index (χ0n) is 15.3. The zero-order chi connectivity index (χ0) is 20.1. The van der Waals surface area contributed by atoms with E-state index < -0.39 is 0 Å². The fraction of sp³-hybridized carbons (Fsp3) is 0.0952. The number of hydrogen-bond acceptors (Lipinski definition) is 7. The monoisotopic (exact) mass is 500 g/mol. The van der Waals surface area contributed by atoms with Crippen molar-refractivity contribution in [3.63, 3.8) is 0 Å². The van der Waals surface area contributed by atoms with Gasteiger partial charge in [0.25, 0.3) is 0 Å². The lowest BCUT2D eigenvalue weighted by Crippen LogP contribution is -2.07. The quantitative estimate of drug-likeness (QED) is 0.374. The molecule has 7 nitrogen and oxygen atoms in total. The summed E-state index contributed by atoms with van der Waals surface area (Å²) in [5, 5.41) is 0. The number of anilines is 1. The number of furan rings is 1. The molecule has 146 valence electrons. The number of pyridine rings is 1. The van der Waals surface area contributed by atoms with Crippen LogP contribution in [0.2, 0.25) is 0 Å². The van der Waals surface area contributed by atoms with Gasteiger partial charge in [-0.3, -0.25) is 4.98 Å². The molecule has 0 fully saturated rings. The van der Waals surface area contributed by atoms with Gasteiger partial charge in [0.2, 0.25) is 11.8 Å². The van der Waals surface area contributed by atoms with E-state index in [9.17, 15) is 0 Å². The van der Waals surface area contributed by atoms with E-state index in [-0.39, 0.29) is 12.6 Å². The summed E-state index contributed by atoms with van der Waals surface area (Å²) >= 11 is 2.17. The molecule has 0 amide bonds. The van der Waals surface area contributed by atoms with Crippen molar-refractivity contribution in [2.45, 2.75) is 13.2 Å². The highest BCUT2D eigenvalue weighted by molar-refractivity contribution is 14.1. The first-order chi connectivity index (χ1) is 14.2. The summed E-state index contributed by atoms with van der Waals surface area (Å²) in [5.74, 6) is 1.25. The van der Waals surface area contributed by atoms with Crippen molar-refractivity contribution in [3.8, 4) is 22.9 Å². The van der Waals surface area contributed by atoms with Gasteiger partial charge in [-0.15, -0.1) is 0 Å². The molecule has 29 heavy (non-hydrogen) atoms. The minimum Gasteiger partial charge on any atom is -0.484 e. The van der Waals surface area contributed by atoms with E-state index in [0.29, 0.717) is 18.2 Å². The van der Waals surface area contributed by atoms with Crippen LogP contribution in [0.5, 0.6) is 11.6 Å². The van der Waals surface area contributed by atoms with Crippen LogP contribution in [0.3, 0.4) is 0 Å². The molecule has 2 N–H and O–H groups in total. The second-order valence-corrected chi connectivity index (χ2v) is 7.15. The van der Waals surface area contributed by atoms with Crippen LogP contribution in [0, 0.1) is 3.57 Å². The summed E-state index contributed by atoms with van der Waals surface area (Å²) in [4.78, 5) is 13.2. The van der Waals surface area contributed by atoms with Gasteiger partial charge < -0.3 is 19.6 Å². The number of nitrogen functional groups attached to an aromatic ring is 1. The lowest BCUT2D eigenvalue weighted by molar-refractivity contribution is 0.280. The molecule has 0 spiro atoms. The van der Waals surface area contributed by atoms with Crippen LogP contribution in [0.15, 0.2) is 71.5 Å². The first-order valence-corrected chi connectivity index (χ1v) is 9.88. The van der Waals surface area contributed by atoms with Gasteiger partial charge >= 0.3 is 0 Å². The Hall–Kier alpha value is -3.14. The third-order valence-corrected chi connectivity index (χ3v) is 4.96. The summed E-state index contributed by atoms with van der Waals surface area (Å²) in [5.41, 5.74) is 9.13. The van der Waals surface area contributed by atoms with E-state index in [4.69, 9.17) is 19.6 Å². The van der Waals surface area contributed by atoms with Gasteiger partial charge in [-0.1, -0.05) is 36.4 Å². The highest BCUT2D eigenvalue weighted by Crippen LogP contribution is 2.30. The van der Waals surface area contributed by atoms with Gasteiger partial charge in [0, 0.05) is 11.6 Å². The van der Waals surface area contributed by atoms with Crippen molar-refractivity contribution in [3.05, 3.63) is 82.1 Å². The van der Waals surface area contributed by atoms with Gasteiger partial charge in [-0.05, 0) is 34.7 Å². The third kappa shape index (κ3) is 4.83. The molecule has 0 aliphatic heterocycles. The van der Waals surface area contributed by atoms with E-state index in [1.807, 2.05) is 48.5 Å². The van der Waals surface area contributed by atoms with E-state index in [1.54, 1.807) is 18.6 Å². The van der Waals surface area contributed by atoms with E-state index >= 15 is 0 Å². The standard InChI is InChI=1S/C21H17IN4O3/c22-18-19(14-5-2-1-3-6-14)25-21(23)26-20(18)29-12-16-8-4-7-15(24-16)11-28-17-9-10-27-13-17/h1-10,13H,11-12H2,(H2,23,25,26). The van der Waals surface area contributed by atoms with Crippen molar-refractivity contribution >= 4 is 28.5 Å². The van der Waals surface area contributed by atoms with Crippen LogP contribution in [0.25, 0.3) is 11.3 Å². The number of hydrogen-bond donors (Lipinski definition) is 1. The summed E-state index contributed by atoms with van der Waals surface area (Å²) in [6.07, 6.45) is 3.10.